The Kier molecular flexibility index (Phi) is 5.35. The molecule has 1 aliphatic heterocycles. The Labute approximate surface area is 121 Å². The van der Waals surface area contributed by atoms with E-state index in [1.165, 1.54) is 5.56 Å². The van der Waals surface area contributed by atoms with Crippen LogP contribution < -0.4 is 10.2 Å². The van der Waals surface area contributed by atoms with Crippen LogP contribution in [0.5, 0.6) is 0 Å². The third-order valence-corrected chi connectivity index (χ3v) is 3.56. The lowest BCUT2D eigenvalue weighted by atomic mass is 10.2. The molecule has 0 spiro atoms. The highest BCUT2D eigenvalue weighted by Gasteiger charge is 2.19. The number of carbonyl (C=O) groups is 1. The summed E-state index contributed by atoms with van der Waals surface area (Å²) in [5.41, 5.74) is 1.18. The molecule has 1 aromatic heterocycles. The van der Waals surface area contributed by atoms with Crippen molar-refractivity contribution in [3.8, 4) is 0 Å². The first-order valence-electron chi connectivity index (χ1n) is 7.35. The predicted octanol–water partition coefficient (Wildman–Crippen LogP) is 1.25. The first-order chi connectivity index (χ1) is 9.70. The lowest BCUT2D eigenvalue weighted by Crippen LogP contribution is -2.34. The van der Waals surface area contributed by atoms with Crippen LogP contribution >= 0.6 is 0 Å². The van der Waals surface area contributed by atoms with E-state index in [4.69, 9.17) is 0 Å². The Balaban J connectivity index is 1.96. The summed E-state index contributed by atoms with van der Waals surface area (Å²) in [6.45, 7) is 6.17. The van der Waals surface area contributed by atoms with Crippen LogP contribution in [-0.2, 0) is 11.3 Å². The summed E-state index contributed by atoms with van der Waals surface area (Å²) in [4.78, 5) is 20.2. The van der Waals surface area contributed by atoms with Crippen LogP contribution in [0.3, 0.4) is 0 Å². The van der Waals surface area contributed by atoms with Crippen molar-refractivity contribution < 1.29 is 4.79 Å². The molecule has 0 unspecified atom stereocenters. The fourth-order valence-electron chi connectivity index (χ4n) is 2.30. The van der Waals surface area contributed by atoms with Gasteiger partial charge in [0.25, 0.3) is 0 Å². The van der Waals surface area contributed by atoms with Crippen molar-refractivity contribution in [2.75, 3.05) is 38.1 Å². The van der Waals surface area contributed by atoms with Gasteiger partial charge in [-0.1, -0.05) is 13.0 Å². The van der Waals surface area contributed by atoms with E-state index in [1.54, 1.807) is 4.90 Å². The van der Waals surface area contributed by atoms with Crippen molar-refractivity contribution in [3.05, 3.63) is 23.9 Å². The quantitative estimate of drug-likeness (QED) is 0.822. The van der Waals surface area contributed by atoms with Crippen molar-refractivity contribution in [2.45, 2.75) is 26.3 Å². The fraction of sp³-hybridized carbons (Fsp3) is 0.600. The van der Waals surface area contributed by atoms with Gasteiger partial charge in [-0.15, -0.1) is 0 Å². The van der Waals surface area contributed by atoms with Gasteiger partial charge in [-0.05, 0) is 31.0 Å². The van der Waals surface area contributed by atoms with E-state index < -0.39 is 0 Å². The molecular formula is C15H24N4O. The summed E-state index contributed by atoms with van der Waals surface area (Å²) in [6, 6.07) is 4.10. The highest BCUT2D eigenvalue weighted by molar-refractivity contribution is 5.81. The topological polar surface area (TPSA) is 48.5 Å². The highest BCUT2D eigenvalue weighted by atomic mass is 16.2. The molecule has 0 saturated carbocycles. The minimum atomic E-state index is 0.165. The van der Waals surface area contributed by atoms with Crippen LogP contribution in [0.15, 0.2) is 18.3 Å². The molecule has 0 bridgehead atoms. The number of likely N-dealkylation sites (N-methyl/N-ethyl adjacent to an activating group) is 1. The van der Waals surface area contributed by atoms with Gasteiger partial charge in [-0.3, -0.25) is 4.79 Å². The molecule has 0 atom stereocenters. The zero-order valence-electron chi connectivity index (χ0n) is 12.4. The Bertz CT molecular complexity index is 432. The first-order valence-corrected chi connectivity index (χ1v) is 7.35. The van der Waals surface area contributed by atoms with Gasteiger partial charge in [0.2, 0.25) is 5.91 Å². The summed E-state index contributed by atoms with van der Waals surface area (Å²) < 4.78 is 0. The molecule has 1 aromatic rings. The number of nitrogens with zero attached hydrogens (tertiary/aromatic N) is 3. The van der Waals surface area contributed by atoms with E-state index >= 15 is 0 Å². The Morgan fingerprint density at radius 1 is 1.35 bits per heavy atom. The molecule has 20 heavy (non-hydrogen) atoms. The number of carbonyl (C=O) groups excluding carboxylic acids is 1. The number of nitrogens with one attached hydrogen (secondary N) is 1. The van der Waals surface area contributed by atoms with Crippen molar-refractivity contribution in [2.24, 2.45) is 0 Å². The second kappa shape index (κ2) is 7.24. The largest absolute Gasteiger partial charge is 0.347 e. The molecule has 0 aromatic carbocycles. The lowest BCUT2D eigenvalue weighted by Gasteiger charge is -2.20. The number of hydrogen-bond acceptors (Lipinski definition) is 4. The highest BCUT2D eigenvalue weighted by Crippen LogP contribution is 2.14. The Morgan fingerprint density at radius 3 is 2.90 bits per heavy atom. The van der Waals surface area contributed by atoms with E-state index in [2.05, 4.69) is 28.2 Å². The van der Waals surface area contributed by atoms with E-state index in [1.807, 2.05) is 19.3 Å². The van der Waals surface area contributed by atoms with Gasteiger partial charge in [0.1, 0.15) is 5.82 Å². The third kappa shape index (κ3) is 3.93. The minimum absolute atomic E-state index is 0.165. The van der Waals surface area contributed by atoms with Crippen molar-refractivity contribution >= 4 is 11.7 Å². The number of aromatic nitrogens is 1. The van der Waals surface area contributed by atoms with Crippen molar-refractivity contribution in [3.63, 3.8) is 0 Å². The van der Waals surface area contributed by atoms with Gasteiger partial charge in [0.05, 0.1) is 6.54 Å². The van der Waals surface area contributed by atoms with Crippen molar-refractivity contribution in [1.29, 1.82) is 0 Å². The van der Waals surface area contributed by atoms with Gasteiger partial charge in [-0.25, -0.2) is 4.98 Å². The first kappa shape index (κ1) is 14.8. The molecule has 5 heteroatoms. The molecule has 1 amide bonds. The zero-order chi connectivity index (χ0) is 14.4. The minimum Gasteiger partial charge on any atom is -0.347 e. The molecule has 2 heterocycles. The number of hydrogen-bond donors (Lipinski definition) is 1. The lowest BCUT2D eigenvalue weighted by molar-refractivity contribution is -0.127. The molecule has 2 rings (SSSR count). The standard InChI is InChI=1S/C15H24N4O/c1-3-7-16-10-13-5-6-14(17-11-13)19-9-4-8-18(2)15(20)12-19/h5-6,11,16H,3-4,7-10,12H2,1-2H3. The van der Waals surface area contributed by atoms with E-state index in [-0.39, 0.29) is 5.91 Å². The van der Waals surface area contributed by atoms with Crippen LogP contribution in [0.4, 0.5) is 5.82 Å². The van der Waals surface area contributed by atoms with Crippen molar-refractivity contribution in [1.82, 2.24) is 15.2 Å². The summed E-state index contributed by atoms with van der Waals surface area (Å²) in [5, 5.41) is 3.36. The molecule has 0 aliphatic carbocycles. The summed E-state index contributed by atoms with van der Waals surface area (Å²) in [7, 11) is 1.86. The van der Waals surface area contributed by atoms with Gasteiger partial charge in [0.15, 0.2) is 0 Å². The monoisotopic (exact) mass is 276 g/mol. The van der Waals surface area contributed by atoms with E-state index in [0.29, 0.717) is 6.54 Å². The summed E-state index contributed by atoms with van der Waals surface area (Å²) in [6.07, 6.45) is 4.02. The second-order valence-corrected chi connectivity index (χ2v) is 5.29. The Hall–Kier alpha value is -1.62. The summed E-state index contributed by atoms with van der Waals surface area (Å²) in [5.74, 6) is 1.06. The second-order valence-electron chi connectivity index (χ2n) is 5.29. The van der Waals surface area contributed by atoms with Crippen LogP contribution in [-0.4, -0.2) is 49.0 Å². The Morgan fingerprint density at radius 2 is 2.20 bits per heavy atom. The molecular weight excluding hydrogens is 252 g/mol. The van der Waals surface area contributed by atoms with Gasteiger partial charge in [0, 0.05) is 32.9 Å². The number of amides is 1. The molecule has 1 N–H and O–H groups in total. The maximum atomic E-state index is 11.9. The molecule has 110 valence electrons. The van der Waals surface area contributed by atoms with E-state index in [0.717, 1.165) is 44.8 Å². The van der Waals surface area contributed by atoms with Crippen LogP contribution in [0.25, 0.3) is 0 Å². The van der Waals surface area contributed by atoms with Gasteiger partial charge in [-0.2, -0.15) is 0 Å². The average molecular weight is 276 g/mol. The van der Waals surface area contributed by atoms with Crippen LogP contribution in [0, 0.1) is 0 Å². The fourth-order valence-corrected chi connectivity index (χ4v) is 2.30. The molecule has 1 saturated heterocycles. The zero-order valence-corrected chi connectivity index (χ0v) is 12.4. The average Bonchev–Trinajstić information content (AvgIpc) is 2.62. The third-order valence-electron chi connectivity index (χ3n) is 3.56. The van der Waals surface area contributed by atoms with Crippen LogP contribution in [0.1, 0.15) is 25.3 Å². The predicted molar refractivity (Wildman–Crippen MR) is 80.7 cm³/mol. The summed E-state index contributed by atoms with van der Waals surface area (Å²) >= 11 is 0. The maximum absolute atomic E-state index is 11.9. The number of anilines is 1. The maximum Gasteiger partial charge on any atom is 0.241 e. The van der Waals surface area contributed by atoms with Crippen LogP contribution in [0.2, 0.25) is 0 Å². The molecule has 0 radical (unpaired) electrons. The van der Waals surface area contributed by atoms with Gasteiger partial charge < -0.3 is 15.1 Å². The smallest absolute Gasteiger partial charge is 0.241 e. The molecule has 1 fully saturated rings. The number of rotatable bonds is 5. The van der Waals surface area contributed by atoms with Gasteiger partial charge >= 0.3 is 0 Å². The normalized spacial score (nSPS) is 16.4. The SMILES string of the molecule is CCCNCc1ccc(N2CCCN(C)C(=O)C2)nc1. The van der Waals surface area contributed by atoms with E-state index in [9.17, 15) is 4.79 Å². The molecule has 1 aliphatic rings. The molecule has 5 nitrogen and oxygen atoms in total. The number of pyridine rings is 1.